The number of anilines is 7. The lowest BCUT2D eigenvalue weighted by atomic mass is 10.1. The molecule has 6 aromatic rings. The van der Waals surface area contributed by atoms with Crippen LogP contribution in [0.2, 0.25) is 15.1 Å². The van der Waals surface area contributed by atoms with Crippen LogP contribution in [0.25, 0.3) is 0 Å². The summed E-state index contributed by atoms with van der Waals surface area (Å²) in [4.78, 5) is 25.9. The molecule has 6 aliphatic heterocycles. The van der Waals surface area contributed by atoms with E-state index in [1.165, 1.54) is 12.1 Å². The SMILES string of the molecule is FC(F)(F)c1cccc(N2CCN(C(=S)N/N=C3/CCNc4c(Cl)ccnc43)CC2)c1.N#Cc1ccc(N2CCN(C(=S)N/N=C3/CCNc4c(Cl)ccnc43)CC2)cc1.Nc1ccccc1N1CCN(C(=S)N/N=C2/CCNc3c(Cl)ccnc32)CC1. The van der Waals surface area contributed by atoms with Crippen LogP contribution in [0.1, 0.15) is 47.5 Å². The molecule has 6 aliphatic rings. The summed E-state index contributed by atoms with van der Waals surface area (Å²) in [6.07, 6.45) is 2.85. The Morgan fingerprint density at radius 3 is 1.32 bits per heavy atom. The summed E-state index contributed by atoms with van der Waals surface area (Å²) in [6.45, 7) is 11.2. The van der Waals surface area contributed by atoms with Gasteiger partial charge in [0, 0.05) is 147 Å². The van der Waals surface area contributed by atoms with E-state index in [9.17, 15) is 13.2 Å². The van der Waals surface area contributed by atoms with Gasteiger partial charge in [-0.15, -0.1) is 0 Å². The smallest absolute Gasteiger partial charge is 0.397 e. The number of nitrogens with zero attached hydrogens (tertiary/aromatic N) is 13. The Labute approximate surface area is 539 Å². The van der Waals surface area contributed by atoms with Crippen LogP contribution in [0.3, 0.4) is 0 Å². The minimum atomic E-state index is -4.35. The van der Waals surface area contributed by atoms with E-state index < -0.39 is 11.7 Å². The van der Waals surface area contributed by atoms with Gasteiger partial charge in [-0.1, -0.05) is 53.0 Å². The van der Waals surface area contributed by atoms with Gasteiger partial charge in [-0.25, -0.2) is 0 Å². The molecule has 20 nitrogen and oxygen atoms in total. The summed E-state index contributed by atoms with van der Waals surface area (Å²) in [5.74, 6) is 0. The highest BCUT2D eigenvalue weighted by atomic mass is 35.5. The van der Waals surface area contributed by atoms with Crippen molar-refractivity contribution in [3.8, 4) is 6.07 Å². The third-order valence-electron chi connectivity index (χ3n) is 15.2. The van der Waals surface area contributed by atoms with Crippen molar-refractivity contribution in [2.75, 3.05) is 135 Å². The molecular weight excluding hydrogens is 1250 g/mol. The van der Waals surface area contributed by atoms with Gasteiger partial charge in [0.25, 0.3) is 0 Å². The predicted octanol–water partition coefficient (Wildman–Crippen LogP) is 9.33. The van der Waals surface area contributed by atoms with E-state index in [1.54, 1.807) is 42.9 Å². The Morgan fingerprint density at radius 1 is 0.523 bits per heavy atom. The Bertz CT molecular complexity index is 3640. The number of hydrazone groups is 3. The molecule has 3 fully saturated rings. The number of nitrogens with one attached hydrogen (secondary N) is 6. The van der Waals surface area contributed by atoms with Gasteiger partial charge in [-0.2, -0.15) is 33.7 Å². The molecule has 458 valence electrons. The average Bonchev–Trinajstić information content (AvgIpc) is 2.47. The number of piperazine rings is 3. The monoisotopic (exact) mass is 1310 g/mol. The van der Waals surface area contributed by atoms with Crippen molar-refractivity contribution >= 4 is 144 Å². The highest BCUT2D eigenvalue weighted by Crippen LogP contribution is 2.34. The van der Waals surface area contributed by atoms with Crippen molar-refractivity contribution in [3.63, 3.8) is 0 Å². The maximum atomic E-state index is 13.0. The van der Waals surface area contributed by atoms with E-state index in [0.717, 1.165) is 147 Å². The number of rotatable bonds is 6. The second kappa shape index (κ2) is 29.3. The van der Waals surface area contributed by atoms with Crippen molar-refractivity contribution in [2.24, 2.45) is 15.3 Å². The van der Waals surface area contributed by atoms with E-state index in [1.807, 2.05) is 52.3 Å². The molecule has 12 rings (SSSR count). The second-order valence-electron chi connectivity index (χ2n) is 20.7. The number of hydrogen-bond acceptors (Lipinski definition) is 17. The number of para-hydroxylation sites is 2. The highest BCUT2D eigenvalue weighted by molar-refractivity contribution is 7.80. The molecule has 0 amide bonds. The van der Waals surface area contributed by atoms with Crippen molar-refractivity contribution in [1.29, 1.82) is 5.26 Å². The summed E-state index contributed by atoms with van der Waals surface area (Å²) < 4.78 is 38.9. The second-order valence-corrected chi connectivity index (χ2v) is 23.1. The van der Waals surface area contributed by atoms with Crippen LogP contribution in [0, 0.1) is 11.3 Å². The Morgan fingerprint density at radius 2 is 0.920 bits per heavy atom. The number of nitrogen functional groups attached to an aromatic ring is 1. The number of nitriles is 1. The van der Waals surface area contributed by atoms with E-state index in [4.69, 9.17) is 82.5 Å². The van der Waals surface area contributed by atoms with Crippen LogP contribution in [0.5, 0.6) is 0 Å². The third kappa shape index (κ3) is 15.6. The molecule has 0 bridgehead atoms. The van der Waals surface area contributed by atoms with Crippen molar-refractivity contribution in [3.05, 3.63) is 153 Å². The Hall–Kier alpha value is -8.06. The minimum absolute atomic E-state index is 0.471. The molecule has 88 heavy (non-hydrogen) atoms. The number of fused-ring (bicyclic) bond motifs is 3. The standard InChI is InChI=1S/C20H20ClF3N6S.C20H20ClN7S.C19H22ClN7S/c21-15-4-6-26-18-16(5-7-25-17(15)18)27-28-19(31)30-10-8-29(9-11-30)14-3-1-2-13(12-14)20(22,23)24;21-16-5-7-24-19-17(6-8-23-18(16)19)25-26-20(29)28-11-9-27(10-12-28)15-3-1-14(13-22)2-4-15;20-13-5-7-23-18-15(6-8-22-17(13)18)24-25-19(28)27-11-9-26(10-12-27)16-4-2-1-3-14(16)21/h1-4,6,12,25H,5,7-11H2,(H,28,31);1-5,7,23H,6,8-12H2,(H,26,29);1-5,7,22H,6,8-12,21H2,(H,25,28)/b27-16-;25-17-;24-15-. The van der Waals surface area contributed by atoms with Crippen LogP contribution >= 0.6 is 71.5 Å². The van der Waals surface area contributed by atoms with Gasteiger partial charge in [-0.05, 0) is 109 Å². The van der Waals surface area contributed by atoms with Gasteiger partial charge in [0.15, 0.2) is 15.3 Å². The van der Waals surface area contributed by atoms with Crippen LogP contribution < -0.4 is 52.7 Å². The maximum absolute atomic E-state index is 13.0. The first kappa shape index (κ1) is 63.0. The van der Waals surface area contributed by atoms with Crippen molar-refractivity contribution in [1.82, 2.24) is 45.9 Å². The molecule has 9 heterocycles. The molecule has 0 spiro atoms. The number of aromatic nitrogens is 3. The lowest BCUT2D eigenvalue weighted by Gasteiger charge is -2.37. The Kier molecular flexibility index (Phi) is 21.0. The zero-order chi connectivity index (χ0) is 61.7. The lowest BCUT2D eigenvalue weighted by Crippen LogP contribution is -2.51. The van der Waals surface area contributed by atoms with Crippen LogP contribution in [-0.4, -0.2) is 160 Å². The van der Waals surface area contributed by atoms with Gasteiger partial charge in [-0.3, -0.25) is 31.2 Å². The molecule has 0 atom stereocenters. The van der Waals surface area contributed by atoms with Gasteiger partial charge >= 0.3 is 6.18 Å². The first-order valence-electron chi connectivity index (χ1n) is 28.4. The van der Waals surface area contributed by atoms with Crippen LogP contribution in [-0.2, 0) is 6.18 Å². The average molecular weight is 1310 g/mol. The summed E-state index contributed by atoms with van der Waals surface area (Å²) in [5, 5.41) is 35.8. The molecule has 0 saturated carbocycles. The van der Waals surface area contributed by atoms with E-state index in [0.29, 0.717) is 86.5 Å². The zero-order valence-electron chi connectivity index (χ0n) is 47.5. The summed E-state index contributed by atoms with van der Waals surface area (Å²) >= 11 is 35.3. The molecule has 3 aromatic carbocycles. The normalized spacial score (nSPS) is 17.7. The minimum Gasteiger partial charge on any atom is -0.397 e. The number of halogens is 6. The Balaban J connectivity index is 0.000000146. The molecule has 0 aliphatic carbocycles. The molecule has 3 saturated heterocycles. The summed E-state index contributed by atoms with van der Waals surface area (Å²) in [6, 6.07) is 28.4. The molecular formula is C59H62Cl3F3N20S3. The maximum Gasteiger partial charge on any atom is 0.416 e. The third-order valence-corrected chi connectivity index (χ3v) is 17.2. The van der Waals surface area contributed by atoms with Gasteiger partial charge in [0.2, 0.25) is 0 Å². The highest BCUT2D eigenvalue weighted by Gasteiger charge is 2.32. The fourth-order valence-electron chi connectivity index (χ4n) is 10.5. The first-order chi connectivity index (χ1) is 42.6. The van der Waals surface area contributed by atoms with E-state index >= 15 is 0 Å². The summed E-state index contributed by atoms with van der Waals surface area (Å²) in [7, 11) is 0. The molecule has 0 unspecified atom stereocenters. The topological polar surface area (TPSA) is 217 Å². The summed E-state index contributed by atoms with van der Waals surface area (Å²) in [5.41, 5.74) is 25.8. The number of nitrogens with two attached hydrogens (primary N) is 1. The quantitative estimate of drug-likeness (QED) is 0.0470. The van der Waals surface area contributed by atoms with Gasteiger partial charge < -0.3 is 51.1 Å². The lowest BCUT2D eigenvalue weighted by molar-refractivity contribution is -0.137. The van der Waals surface area contributed by atoms with Crippen LogP contribution in [0.15, 0.2) is 125 Å². The van der Waals surface area contributed by atoms with E-state index in [2.05, 4.69) is 94.2 Å². The number of pyridine rings is 3. The van der Waals surface area contributed by atoms with E-state index in [-0.39, 0.29) is 0 Å². The first-order valence-corrected chi connectivity index (χ1v) is 30.7. The number of benzene rings is 3. The fraction of sp³-hybridized carbons (Fsp3) is 0.322. The predicted molar refractivity (Wildman–Crippen MR) is 359 cm³/mol. The largest absolute Gasteiger partial charge is 0.416 e. The number of alkyl halides is 3. The number of hydrogen-bond donors (Lipinski definition) is 7. The van der Waals surface area contributed by atoms with Crippen molar-refractivity contribution < 1.29 is 13.2 Å². The molecule has 8 N–H and O–H groups in total. The molecule has 0 radical (unpaired) electrons. The van der Waals surface area contributed by atoms with Gasteiger partial charge in [0.05, 0.1) is 77.8 Å². The fourth-order valence-corrected chi connectivity index (χ4v) is 11.8. The van der Waals surface area contributed by atoms with Crippen LogP contribution in [0.4, 0.5) is 53.0 Å². The number of thiocarbonyl (C=S) groups is 3. The zero-order valence-corrected chi connectivity index (χ0v) is 52.2. The van der Waals surface area contributed by atoms with Gasteiger partial charge in [0.1, 0.15) is 17.1 Å². The molecule has 29 heteroatoms. The van der Waals surface area contributed by atoms with Crippen molar-refractivity contribution in [2.45, 2.75) is 25.4 Å². The molecule has 3 aromatic heterocycles.